The minimum atomic E-state index is -1.01. The molecule has 0 saturated carbocycles. The third-order valence-electron chi connectivity index (χ3n) is 3.42. The summed E-state index contributed by atoms with van der Waals surface area (Å²) in [5, 5.41) is 14.8. The molecule has 0 aromatic heterocycles. The van der Waals surface area contributed by atoms with Gasteiger partial charge in [-0.25, -0.2) is 4.79 Å². The summed E-state index contributed by atoms with van der Waals surface area (Å²) in [6.45, 7) is 2.34. The van der Waals surface area contributed by atoms with Crippen molar-refractivity contribution in [2.24, 2.45) is 5.92 Å². The second kappa shape index (κ2) is 8.87. The number of methoxy groups -OCH3 is 1. The number of nitrogens with one attached hydrogen (secondary N) is 2. The van der Waals surface area contributed by atoms with Gasteiger partial charge in [-0.2, -0.15) is 0 Å². The van der Waals surface area contributed by atoms with Gasteiger partial charge < -0.3 is 20.5 Å². The monoisotopic (exact) mass is 272 g/mol. The molecule has 1 aliphatic heterocycles. The average molecular weight is 272 g/mol. The van der Waals surface area contributed by atoms with Crippen LogP contribution in [0.2, 0.25) is 0 Å². The van der Waals surface area contributed by atoms with Gasteiger partial charge in [-0.15, -0.1) is 0 Å². The zero-order valence-corrected chi connectivity index (χ0v) is 11.5. The van der Waals surface area contributed by atoms with E-state index < -0.39 is 12.0 Å². The van der Waals surface area contributed by atoms with Gasteiger partial charge in [-0.3, -0.25) is 4.79 Å². The first-order chi connectivity index (χ1) is 9.13. The van der Waals surface area contributed by atoms with Gasteiger partial charge in [0.25, 0.3) is 0 Å². The molecule has 2 unspecified atom stereocenters. The fourth-order valence-electron chi connectivity index (χ4n) is 2.27. The minimum absolute atomic E-state index is 0.186. The molecule has 1 fully saturated rings. The molecule has 0 radical (unpaired) electrons. The summed E-state index contributed by atoms with van der Waals surface area (Å²) in [4.78, 5) is 22.7. The molecular weight excluding hydrogens is 248 g/mol. The van der Waals surface area contributed by atoms with Crippen LogP contribution < -0.4 is 10.6 Å². The second-order valence-electron chi connectivity index (χ2n) is 4.99. The smallest absolute Gasteiger partial charge is 0.326 e. The Hall–Kier alpha value is -1.14. The molecular formula is C13H24N2O4. The fraction of sp³-hybridized carbons (Fsp3) is 0.846. The van der Waals surface area contributed by atoms with Crippen molar-refractivity contribution in [1.29, 1.82) is 0 Å². The highest BCUT2D eigenvalue weighted by atomic mass is 16.5. The van der Waals surface area contributed by atoms with Crippen molar-refractivity contribution in [3.8, 4) is 0 Å². The number of carbonyl (C=O) groups is 2. The first-order valence-electron chi connectivity index (χ1n) is 6.85. The number of ether oxygens (including phenoxy) is 1. The molecule has 1 saturated heterocycles. The van der Waals surface area contributed by atoms with E-state index in [-0.39, 0.29) is 5.91 Å². The first kappa shape index (κ1) is 15.9. The predicted octanol–water partition coefficient (Wildman–Crippen LogP) is 0.372. The number of hydrogen-bond donors (Lipinski definition) is 3. The quantitative estimate of drug-likeness (QED) is 0.594. The van der Waals surface area contributed by atoms with Crippen LogP contribution in [0.1, 0.15) is 32.1 Å². The summed E-state index contributed by atoms with van der Waals surface area (Å²) in [6, 6.07) is -0.850. The molecule has 0 aliphatic carbocycles. The molecule has 0 aromatic rings. The van der Waals surface area contributed by atoms with Crippen LogP contribution in [0, 0.1) is 5.92 Å². The van der Waals surface area contributed by atoms with Crippen molar-refractivity contribution in [3.63, 3.8) is 0 Å². The highest BCUT2D eigenvalue weighted by Crippen LogP contribution is 2.15. The molecule has 6 nitrogen and oxygen atoms in total. The molecule has 1 amide bonds. The highest BCUT2D eigenvalue weighted by Gasteiger charge is 2.20. The van der Waals surface area contributed by atoms with Gasteiger partial charge in [0.05, 0.1) is 0 Å². The van der Waals surface area contributed by atoms with Crippen LogP contribution in [0.3, 0.4) is 0 Å². The van der Waals surface area contributed by atoms with E-state index in [9.17, 15) is 9.59 Å². The van der Waals surface area contributed by atoms with Gasteiger partial charge >= 0.3 is 5.97 Å². The maximum absolute atomic E-state index is 11.7. The molecule has 19 heavy (non-hydrogen) atoms. The molecule has 0 aromatic carbocycles. The van der Waals surface area contributed by atoms with Gasteiger partial charge in [-0.1, -0.05) is 0 Å². The lowest BCUT2D eigenvalue weighted by atomic mass is 9.94. The molecule has 1 rings (SSSR count). The third kappa shape index (κ3) is 6.54. The molecule has 110 valence electrons. The van der Waals surface area contributed by atoms with Crippen LogP contribution in [0.25, 0.3) is 0 Å². The second-order valence-corrected chi connectivity index (χ2v) is 4.99. The first-order valence-corrected chi connectivity index (χ1v) is 6.85. The number of piperidine rings is 1. The van der Waals surface area contributed by atoms with Crippen LogP contribution in [-0.4, -0.2) is 49.8 Å². The van der Waals surface area contributed by atoms with Crippen molar-refractivity contribution >= 4 is 11.9 Å². The molecule has 1 aliphatic rings. The Morgan fingerprint density at radius 1 is 1.53 bits per heavy atom. The Morgan fingerprint density at radius 3 is 2.89 bits per heavy atom. The number of amides is 1. The maximum atomic E-state index is 11.7. The molecule has 6 heteroatoms. The Kier molecular flexibility index (Phi) is 7.43. The normalized spacial score (nSPS) is 20.8. The summed E-state index contributed by atoms with van der Waals surface area (Å²) < 4.78 is 4.84. The van der Waals surface area contributed by atoms with Crippen LogP contribution in [0.15, 0.2) is 0 Å². The Bertz CT molecular complexity index is 290. The van der Waals surface area contributed by atoms with E-state index >= 15 is 0 Å². The van der Waals surface area contributed by atoms with E-state index in [2.05, 4.69) is 10.6 Å². The van der Waals surface area contributed by atoms with Crippen LogP contribution in [-0.2, 0) is 14.3 Å². The van der Waals surface area contributed by atoms with E-state index in [0.717, 1.165) is 32.4 Å². The molecule has 3 N–H and O–H groups in total. The number of carboxylic acids is 1. The van der Waals surface area contributed by atoms with Crippen molar-refractivity contribution in [3.05, 3.63) is 0 Å². The van der Waals surface area contributed by atoms with Gasteiger partial charge in [-0.05, 0) is 38.3 Å². The Morgan fingerprint density at radius 2 is 2.32 bits per heavy atom. The largest absolute Gasteiger partial charge is 0.480 e. The number of rotatable bonds is 8. The Balaban J connectivity index is 2.25. The standard InChI is InChI=1S/C13H24N2O4/c1-19-8-6-11(13(17)18)15-12(16)5-4-10-3-2-7-14-9-10/h10-11,14H,2-9H2,1H3,(H,15,16)(H,17,18). The molecule has 0 bridgehead atoms. The lowest BCUT2D eigenvalue weighted by Crippen LogP contribution is -2.41. The zero-order valence-electron chi connectivity index (χ0n) is 11.5. The number of carboxylic acid groups (broad SMARTS) is 1. The summed E-state index contributed by atoms with van der Waals surface area (Å²) in [5.74, 6) is -0.666. The van der Waals surface area contributed by atoms with Crippen LogP contribution in [0.4, 0.5) is 0 Å². The van der Waals surface area contributed by atoms with Crippen molar-refractivity contribution in [2.45, 2.75) is 38.1 Å². The maximum Gasteiger partial charge on any atom is 0.326 e. The van der Waals surface area contributed by atoms with Gasteiger partial charge in [0.2, 0.25) is 5.91 Å². The predicted molar refractivity (Wildman–Crippen MR) is 70.9 cm³/mol. The SMILES string of the molecule is COCCC(NC(=O)CCC1CCCNC1)C(=O)O. The van der Waals surface area contributed by atoms with Crippen molar-refractivity contribution in [2.75, 3.05) is 26.8 Å². The minimum Gasteiger partial charge on any atom is -0.480 e. The van der Waals surface area contributed by atoms with Gasteiger partial charge in [0.1, 0.15) is 6.04 Å². The lowest BCUT2D eigenvalue weighted by molar-refractivity contribution is -0.142. The third-order valence-corrected chi connectivity index (χ3v) is 3.42. The van der Waals surface area contributed by atoms with Crippen molar-refractivity contribution in [1.82, 2.24) is 10.6 Å². The summed E-state index contributed by atoms with van der Waals surface area (Å²) in [6.07, 6.45) is 3.80. The summed E-state index contributed by atoms with van der Waals surface area (Å²) in [5.41, 5.74) is 0. The zero-order chi connectivity index (χ0) is 14.1. The Labute approximate surface area is 113 Å². The van der Waals surface area contributed by atoms with Crippen LogP contribution >= 0.6 is 0 Å². The van der Waals surface area contributed by atoms with Crippen LogP contribution in [0.5, 0.6) is 0 Å². The lowest BCUT2D eigenvalue weighted by Gasteiger charge is -2.22. The summed E-state index contributed by atoms with van der Waals surface area (Å²) in [7, 11) is 1.51. The number of carbonyl (C=O) groups excluding carboxylic acids is 1. The van der Waals surface area contributed by atoms with Crippen molar-refractivity contribution < 1.29 is 19.4 Å². The van der Waals surface area contributed by atoms with E-state index in [4.69, 9.17) is 9.84 Å². The van der Waals surface area contributed by atoms with E-state index in [0.29, 0.717) is 25.4 Å². The molecule has 1 heterocycles. The summed E-state index contributed by atoms with van der Waals surface area (Å²) >= 11 is 0. The van der Waals surface area contributed by atoms with E-state index in [1.165, 1.54) is 7.11 Å². The molecule has 2 atom stereocenters. The highest BCUT2D eigenvalue weighted by molar-refractivity contribution is 5.83. The average Bonchev–Trinajstić information content (AvgIpc) is 2.42. The number of hydrogen-bond acceptors (Lipinski definition) is 4. The fourth-order valence-corrected chi connectivity index (χ4v) is 2.27. The number of aliphatic carboxylic acids is 1. The molecule has 0 spiro atoms. The topological polar surface area (TPSA) is 87.7 Å². The van der Waals surface area contributed by atoms with Gasteiger partial charge in [0.15, 0.2) is 0 Å². The van der Waals surface area contributed by atoms with E-state index in [1.54, 1.807) is 0 Å². The van der Waals surface area contributed by atoms with Gasteiger partial charge in [0, 0.05) is 26.6 Å². The van der Waals surface area contributed by atoms with E-state index in [1.807, 2.05) is 0 Å².